The molecule has 6 heteroatoms. The van der Waals surface area contributed by atoms with Gasteiger partial charge in [0.2, 0.25) is 11.8 Å². The number of nitrogens with one attached hydrogen (secondary N) is 1. The average molecular weight is 334 g/mol. The Balaban J connectivity index is 1.76. The van der Waals surface area contributed by atoms with E-state index in [0.29, 0.717) is 25.3 Å². The zero-order valence-corrected chi connectivity index (χ0v) is 14.3. The zero-order chi connectivity index (χ0) is 17.2. The molecule has 0 radical (unpaired) electrons. The molecule has 0 spiro atoms. The van der Waals surface area contributed by atoms with Crippen LogP contribution in [0.4, 0.5) is 0 Å². The van der Waals surface area contributed by atoms with E-state index in [1.807, 2.05) is 6.07 Å². The highest BCUT2D eigenvalue weighted by atomic mass is 16.5. The number of hydrogen-bond donors (Lipinski definition) is 2. The summed E-state index contributed by atoms with van der Waals surface area (Å²) >= 11 is 0. The maximum Gasteiger partial charge on any atom is 0.229 e. The number of pyridine rings is 1. The van der Waals surface area contributed by atoms with Crippen molar-refractivity contribution in [1.29, 1.82) is 0 Å². The fraction of sp³-hybridized carbons (Fsp3) is 0.667. The van der Waals surface area contributed by atoms with Gasteiger partial charge < -0.3 is 19.9 Å². The highest BCUT2D eigenvalue weighted by Gasteiger charge is 2.46. The van der Waals surface area contributed by atoms with Crippen molar-refractivity contribution in [2.45, 2.75) is 44.2 Å². The fourth-order valence-corrected chi connectivity index (χ4v) is 3.68. The molecule has 1 atom stereocenters. The van der Waals surface area contributed by atoms with Crippen LogP contribution in [0.15, 0.2) is 18.3 Å². The lowest BCUT2D eigenvalue weighted by molar-refractivity contribution is -0.142. The van der Waals surface area contributed by atoms with Crippen molar-refractivity contribution in [2.75, 3.05) is 20.8 Å². The van der Waals surface area contributed by atoms with Crippen molar-refractivity contribution in [3.8, 4) is 5.88 Å². The predicted molar refractivity (Wildman–Crippen MR) is 88.6 cm³/mol. The normalized spacial score (nSPS) is 26.0. The monoisotopic (exact) mass is 334 g/mol. The number of hydrogen-bond acceptors (Lipinski definition) is 5. The average Bonchev–Trinajstić information content (AvgIpc) is 2.53. The molecule has 132 valence electrons. The third kappa shape index (κ3) is 3.26. The zero-order valence-electron chi connectivity index (χ0n) is 14.3. The van der Waals surface area contributed by atoms with Gasteiger partial charge in [-0.1, -0.05) is 12.5 Å². The molecule has 1 aromatic heterocycles. The highest BCUT2D eigenvalue weighted by Crippen LogP contribution is 2.44. The van der Waals surface area contributed by atoms with Gasteiger partial charge in [-0.05, 0) is 37.2 Å². The van der Waals surface area contributed by atoms with Crippen LogP contribution in [0.1, 0.15) is 43.7 Å². The molecule has 0 bridgehead atoms. The first-order valence-electron chi connectivity index (χ1n) is 8.56. The van der Waals surface area contributed by atoms with Gasteiger partial charge in [-0.25, -0.2) is 4.98 Å². The molecule has 24 heavy (non-hydrogen) atoms. The van der Waals surface area contributed by atoms with E-state index >= 15 is 0 Å². The summed E-state index contributed by atoms with van der Waals surface area (Å²) in [6, 6.07) is 3.61. The van der Waals surface area contributed by atoms with Gasteiger partial charge >= 0.3 is 0 Å². The number of nitrogens with zero attached hydrogens (tertiary/aromatic N) is 1. The van der Waals surface area contributed by atoms with Crippen molar-refractivity contribution in [3.05, 3.63) is 23.9 Å². The Morgan fingerprint density at radius 2 is 2.17 bits per heavy atom. The molecule has 3 rings (SSSR count). The number of aliphatic hydroxyl groups excluding tert-OH is 1. The summed E-state index contributed by atoms with van der Waals surface area (Å²) in [5, 5.41) is 12.9. The van der Waals surface area contributed by atoms with Crippen molar-refractivity contribution in [1.82, 2.24) is 10.3 Å². The van der Waals surface area contributed by atoms with Crippen LogP contribution in [0.25, 0.3) is 0 Å². The number of amides is 1. The van der Waals surface area contributed by atoms with E-state index in [9.17, 15) is 9.90 Å². The van der Waals surface area contributed by atoms with Gasteiger partial charge in [0.05, 0.1) is 31.3 Å². The Bertz CT molecular complexity index is 565. The molecule has 2 saturated carbocycles. The minimum Gasteiger partial charge on any atom is -0.481 e. The maximum absolute atomic E-state index is 12.9. The molecule has 0 unspecified atom stereocenters. The van der Waals surface area contributed by atoms with Crippen LogP contribution in [0.5, 0.6) is 5.88 Å². The second-order valence-electron chi connectivity index (χ2n) is 7.04. The summed E-state index contributed by atoms with van der Waals surface area (Å²) < 4.78 is 10.4. The van der Waals surface area contributed by atoms with Crippen LogP contribution in [0, 0.1) is 11.3 Å². The molecule has 1 amide bonds. The molecule has 1 aromatic rings. The largest absolute Gasteiger partial charge is 0.481 e. The Morgan fingerprint density at radius 1 is 1.42 bits per heavy atom. The second kappa shape index (κ2) is 7.07. The van der Waals surface area contributed by atoms with Crippen LogP contribution in [-0.2, 0) is 9.53 Å². The van der Waals surface area contributed by atoms with E-state index in [2.05, 4.69) is 10.3 Å². The molecule has 2 aliphatic carbocycles. The van der Waals surface area contributed by atoms with Crippen molar-refractivity contribution in [2.24, 2.45) is 11.3 Å². The number of ether oxygens (including phenoxy) is 2. The molecule has 2 aliphatic rings. The number of rotatable bonds is 7. The lowest BCUT2D eigenvalue weighted by Crippen LogP contribution is -2.51. The minimum absolute atomic E-state index is 0.0535. The first-order valence-corrected chi connectivity index (χ1v) is 8.56. The molecule has 0 saturated heterocycles. The number of aliphatic hydroxyl groups is 1. The first kappa shape index (κ1) is 17.2. The summed E-state index contributed by atoms with van der Waals surface area (Å²) in [6.45, 7) is 0.458. The number of carbonyl (C=O) groups is 1. The van der Waals surface area contributed by atoms with Crippen molar-refractivity contribution >= 4 is 5.91 Å². The van der Waals surface area contributed by atoms with E-state index < -0.39 is 5.41 Å². The van der Waals surface area contributed by atoms with Gasteiger partial charge in [0, 0.05) is 19.4 Å². The van der Waals surface area contributed by atoms with Gasteiger partial charge in [-0.15, -0.1) is 0 Å². The van der Waals surface area contributed by atoms with Crippen molar-refractivity contribution < 1.29 is 19.4 Å². The predicted octanol–water partition coefficient (Wildman–Crippen LogP) is 1.84. The number of aromatic nitrogens is 1. The summed E-state index contributed by atoms with van der Waals surface area (Å²) in [7, 11) is 3.22. The Kier molecular flexibility index (Phi) is 5.06. The van der Waals surface area contributed by atoms with Crippen LogP contribution in [-0.4, -0.2) is 42.9 Å². The van der Waals surface area contributed by atoms with Gasteiger partial charge in [0.1, 0.15) is 0 Å². The van der Waals surface area contributed by atoms with Gasteiger partial charge in [0.15, 0.2) is 0 Å². The minimum atomic E-state index is -0.394. The number of carbonyl (C=O) groups excluding carboxylic acids is 1. The molecular formula is C18H26N2O4. The van der Waals surface area contributed by atoms with Crippen LogP contribution in [0.2, 0.25) is 0 Å². The van der Waals surface area contributed by atoms with E-state index in [1.54, 1.807) is 26.5 Å². The quantitative estimate of drug-likeness (QED) is 0.795. The van der Waals surface area contributed by atoms with E-state index in [-0.39, 0.29) is 24.0 Å². The molecule has 0 aromatic carbocycles. The Morgan fingerprint density at radius 3 is 2.62 bits per heavy atom. The third-order valence-electron chi connectivity index (χ3n) is 5.45. The Hall–Kier alpha value is -1.66. The fourth-order valence-electron chi connectivity index (χ4n) is 3.68. The summed E-state index contributed by atoms with van der Waals surface area (Å²) in [4.78, 5) is 17.1. The summed E-state index contributed by atoms with van der Waals surface area (Å²) in [6.07, 6.45) is 5.69. The molecule has 2 fully saturated rings. The summed E-state index contributed by atoms with van der Waals surface area (Å²) in [5.41, 5.74) is 0.558. The van der Waals surface area contributed by atoms with Gasteiger partial charge in [0.25, 0.3) is 0 Å². The van der Waals surface area contributed by atoms with E-state index in [0.717, 1.165) is 24.8 Å². The van der Waals surface area contributed by atoms with Crippen molar-refractivity contribution in [3.63, 3.8) is 0 Å². The SMILES string of the molecule is COCC1(C(=O)N[C@@H](c2ccc(OC)nc2)C2CC(O)C2)CCC1. The highest BCUT2D eigenvalue weighted by molar-refractivity contribution is 5.84. The van der Waals surface area contributed by atoms with Gasteiger partial charge in [-0.2, -0.15) is 0 Å². The lowest BCUT2D eigenvalue weighted by atomic mass is 9.68. The third-order valence-corrected chi connectivity index (χ3v) is 5.45. The van der Waals surface area contributed by atoms with Crippen LogP contribution < -0.4 is 10.1 Å². The Labute approximate surface area is 142 Å². The van der Waals surface area contributed by atoms with E-state index in [4.69, 9.17) is 9.47 Å². The lowest BCUT2D eigenvalue weighted by Gasteiger charge is -2.43. The molecule has 2 N–H and O–H groups in total. The molecule has 0 aliphatic heterocycles. The molecule has 1 heterocycles. The molecular weight excluding hydrogens is 308 g/mol. The number of methoxy groups -OCH3 is 2. The standard InChI is InChI=1S/C18H26N2O4/c1-23-11-18(6-3-7-18)17(22)20-16(13-8-14(21)9-13)12-4-5-15(24-2)19-10-12/h4-5,10,13-14,16,21H,3,6-9,11H2,1-2H3,(H,20,22)/t13?,14?,16-/m0/s1. The maximum atomic E-state index is 12.9. The van der Waals surface area contributed by atoms with Crippen LogP contribution >= 0.6 is 0 Å². The van der Waals surface area contributed by atoms with Crippen LogP contribution in [0.3, 0.4) is 0 Å². The topological polar surface area (TPSA) is 80.7 Å². The second-order valence-corrected chi connectivity index (χ2v) is 7.04. The van der Waals surface area contributed by atoms with Gasteiger partial charge in [-0.3, -0.25) is 4.79 Å². The first-order chi connectivity index (χ1) is 11.6. The molecule has 6 nitrogen and oxygen atoms in total. The smallest absolute Gasteiger partial charge is 0.229 e. The summed E-state index contributed by atoms with van der Waals surface area (Å²) in [5.74, 6) is 0.837. The van der Waals surface area contributed by atoms with E-state index in [1.165, 1.54) is 0 Å².